The third-order valence-electron chi connectivity index (χ3n) is 6.41. The Hall–Kier alpha value is -1.63. The lowest BCUT2D eigenvalue weighted by molar-refractivity contribution is 0.126. The van der Waals surface area contributed by atoms with Crippen LogP contribution in [0, 0.1) is 0 Å². The molecule has 0 atom stereocenters. The van der Waals surface area contributed by atoms with Gasteiger partial charge in [0, 0.05) is 25.2 Å². The zero-order valence-electron chi connectivity index (χ0n) is 20.4. The molecule has 0 unspecified atom stereocenters. The zero-order valence-corrected chi connectivity index (χ0v) is 20.4. The number of benzene rings is 1. The highest BCUT2D eigenvalue weighted by atomic mass is 16.5. The third-order valence-corrected chi connectivity index (χ3v) is 6.41. The van der Waals surface area contributed by atoms with Gasteiger partial charge in [-0.05, 0) is 70.3 Å². The van der Waals surface area contributed by atoms with Crippen LogP contribution in [0.4, 0.5) is 4.79 Å². The molecule has 32 heavy (non-hydrogen) atoms. The summed E-state index contributed by atoms with van der Waals surface area (Å²) in [5, 5.41) is 2.98. The Bertz CT molecular complexity index is 594. The van der Waals surface area contributed by atoms with Gasteiger partial charge in [0.1, 0.15) is 6.61 Å². The molecule has 6 nitrogen and oxygen atoms in total. The summed E-state index contributed by atoms with van der Waals surface area (Å²) in [5.41, 5.74) is 6.81. The molecule has 2 aliphatic heterocycles. The molecule has 182 valence electrons. The van der Waals surface area contributed by atoms with Gasteiger partial charge in [-0.3, -0.25) is 0 Å². The van der Waals surface area contributed by atoms with Crippen molar-refractivity contribution >= 4 is 6.09 Å². The molecule has 0 spiro atoms. The molecule has 0 bridgehead atoms. The van der Waals surface area contributed by atoms with E-state index in [4.69, 9.17) is 10.5 Å². The summed E-state index contributed by atoms with van der Waals surface area (Å²) in [6.07, 6.45) is 9.28. The number of ether oxygens (including phenoxy) is 1. The van der Waals surface area contributed by atoms with E-state index in [9.17, 15) is 4.79 Å². The molecule has 3 N–H and O–H groups in total. The summed E-state index contributed by atoms with van der Waals surface area (Å²) in [7, 11) is 0. The molecule has 0 aliphatic carbocycles. The molecule has 3 rings (SSSR count). The van der Waals surface area contributed by atoms with Crippen molar-refractivity contribution < 1.29 is 9.53 Å². The van der Waals surface area contributed by atoms with Crippen LogP contribution in [0.1, 0.15) is 70.8 Å². The van der Waals surface area contributed by atoms with Crippen LogP contribution in [0.2, 0.25) is 0 Å². The standard InChI is InChI=1S/C17H26N2O2.C9H20N2/c1-2-3-11-19-12-9-16(10-13-19)18-17(20)21-14-15-7-5-4-6-8-15;1-2-3-6-11-7-4-9(10)5-8-11/h4-8,16H,2-3,9-14H2,1H3,(H,18,20);9H,2-8,10H2,1H3. The fourth-order valence-electron chi connectivity index (χ4n) is 4.17. The molecular weight excluding hydrogens is 400 g/mol. The number of hydrogen-bond acceptors (Lipinski definition) is 5. The van der Waals surface area contributed by atoms with Gasteiger partial charge < -0.3 is 25.6 Å². The van der Waals surface area contributed by atoms with E-state index in [1.807, 2.05) is 30.3 Å². The molecule has 2 fully saturated rings. The normalized spacial score (nSPS) is 18.6. The predicted molar refractivity (Wildman–Crippen MR) is 133 cm³/mol. The third kappa shape index (κ3) is 11.3. The summed E-state index contributed by atoms with van der Waals surface area (Å²) in [5.74, 6) is 0. The van der Waals surface area contributed by atoms with Gasteiger partial charge in [-0.1, -0.05) is 57.0 Å². The predicted octanol–water partition coefficient (Wildman–Crippen LogP) is 4.39. The van der Waals surface area contributed by atoms with E-state index in [1.165, 1.54) is 64.7 Å². The quantitative estimate of drug-likeness (QED) is 0.589. The van der Waals surface area contributed by atoms with E-state index in [-0.39, 0.29) is 12.1 Å². The lowest BCUT2D eigenvalue weighted by Crippen LogP contribution is -2.44. The van der Waals surface area contributed by atoms with Crippen molar-refractivity contribution in [2.45, 2.75) is 83.9 Å². The number of piperidine rings is 2. The molecule has 1 amide bonds. The van der Waals surface area contributed by atoms with Crippen molar-refractivity contribution in [3.05, 3.63) is 35.9 Å². The van der Waals surface area contributed by atoms with Crippen LogP contribution in [0.25, 0.3) is 0 Å². The van der Waals surface area contributed by atoms with Crippen molar-refractivity contribution in [1.29, 1.82) is 0 Å². The number of carbonyl (C=O) groups excluding carboxylic acids is 1. The summed E-state index contributed by atoms with van der Waals surface area (Å²) in [6, 6.07) is 10.5. The second kappa shape index (κ2) is 16.1. The van der Waals surface area contributed by atoms with Crippen LogP contribution in [0.5, 0.6) is 0 Å². The molecule has 1 aromatic rings. The Morgan fingerprint density at radius 2 is 1.47 bits per heavy atom. The Balaban J connectivity index is 0.000000278. The molecule has 2 heterocycles. The maximum Gasteiger partial charge on any atom is 0.407 e. The topological polar surface area (TPSA) is 70.8 Å². The SMILES string of the molecule is CCCCN1CCC(N)CC1.CCCCN1CCC(NC(=O)OCc2ccccc2)CC1. The van der Waals surface area contributed by atoms with E-state index >= 15 is 0 Å². The Morgan fingerprint density at radius 3 is 2.00 bits per heavy atom. The minimum atomic E-state index is -0.300. The fraction of sp³-hybridized carbons (Fsp3) is 0.731. The minimum Gasteiger partial charge on any atom is -0.445 e. The number of rotatable bonds is 9. The van der Waals surface area contributed by atoms with Crippen molar-refractivity contribution in [1.82, 2.24) is 15.1 Å². The van der Waals surface area contributed by atoms with Crippen LogP contribution in [0.3, 0.4) is 0 Å². The van der Waals surface area contributed by atoms with Gasteiger partial charge in [-0.2, -0.15) is 0 Å². The van der Waals surface area contributed by atoms with Crippen LogP contribution < -0.4 is 11.1 Å². The molecule has 1 aromatic carbocycles. The monoisotopic (exact) mass is 446 g/mol. The molecule has 6 heteroatoms. The molecular formula is C26H46N4O2. The van der Waals surface area contributed by atoms with Crippen LogP contribution in [0.15, 0.2) is 30.3 Å². The van der Waals surface area contributed by atoms with E-state index < -0.39 is 0 Å². The summed E-state index contributed by atoms with van der Waals surface area (Å²) in [4.78, 5) is 16.8. The summed E-state index contributed by atoms with van der Waals surface area (Å²) in [6.45, 7) is 11.9. The summed E-state index contributed by atoms with van der Waals surface area (Å²) >= 11 is 0. The maximum absolute atomic E-state index is 11.8. The van der Waals surface area contributed by atoms with Crippen LogP contribution in [-0.2, 0) is 11.3 Å². The summed E-state index contributed by atoms with van der Waals surface area (Å²) < 4.78 is 5.26. The number of nitrogens with zero attached hydrogens (tertiary/aromatic N) is 2. The first-order valence-corrected chi connectivity index (χ1v) is 12.8. The van der Waals surface area contributed by atoms with Crippen LogP contribution in [-0.4, -0.2) is 67.2 Å². The number of alkyl carbamates (subject to hydrolysis) is 1. The van der Waals surface area contributed by atoms with Crippen molar-refractivity contribution in [3.8, 4) is 0 Å². The second-order valence-corrected chi connectivity index (χ2v) is 9.21. The van der Waals surface area contributed by atoms with Gasteiger partial charge in [0.05, 0.1) is 0 Å². The van der Waals surface area contributed by atoms with Crippen molar-refractivity contribution in [3.63, 3.8) is 0 Å². The number of nitrogens with one attached hydrogen (secondary N) is 1. The smallest absolute Gasteiger partial charge is 0.407 e. The average Bonchev–Trinajstić information content (AvgIpc) is 2.83. The number of hydrogen-bond donors (Lipinski definition) is 2. The van der Waals surface area contributed by atoms with E-state index in [0.717, 1.165) is 31.5 Å². The number of nitrogens with two attached hydrogens (primary N) is 1. The van der Waals surface area contributed by atoms with E-state index in [1.54, 1.807) is 0 Å². The average molecular weight is 447 g/mol. The lowest BCUT2D eigenvalue weighted by atomic mass is 10.1. The zero-order chi connectivity index (χ0) is 23.0. The van der Waals surface area contributed by atoms with E-state index in [2.05, 4.69) is 29.0 Å². The van der Waals surface area contributed by atoms with Gasteiger partial charge in [-0.25, -0.2) is 4.79 Å². The lowest BCUT2D eigenvalue weighted by Gasteiger charge is -2.32. The molecule has 0 radical (unpaired) electrons. The van der Waals surface area contributed by atoms with Gasteiger partial charge in [0.25, 0.3) is 0 Å². The number of amides is 1. The second-order valence-electron chi connectivity index (χ2n) is 9.21. The largest absolute Gasteiger partial charge is 0.445 e. The van der Waals surface area contributed by atoms with E-state index in [0.29, 0.717) is 12.6 Å². The number of unbranched alkanes of at least 4 members (excludes halogenated alkanes) is 2. The molecule has 2 aliphatic rings. The number of carbonyl (C=O) groups is 1. The van der Waals surface area contributed by atoms with Crippen molar-refractivity contribution in [2.75, 3.05) is 39.3 Å². The first-order valence-electron chi connectivity index (χ1n) is 12.8. The maximum atomic E-state index is 11.8. The Morgan fingerprint density at radius 1 is 0.938 bits per heavy atom. The van der Waals surface area contributed by atoms with Gasteiger partial charge in [0.2, 0.25) is 0 Å². The Kier molecular flexibility index (Phi) is 13.4. The minimum absolute atomic E-state index is 0.256. The molecule has 0 saturated carbocycles. The number of likely N-dealkylation sites (tertiary alicyclic amines) is 2. The fourth-order valence-corrected chi connectivity index (χ4v) is 4.17. The highest BCUT2D eigenvalue weighted by molar-refractivity contribution is 5.67. The molecule has 2 saturated heterocycles. The first-order chi connectivity index (χ1) is 15.6. The van der Waals surface area contributed by atoms with Gasteiger partial charge >= 0.3 is 6.09 Å². The van der Waals surface area contributed by atoms with Crippen molar-refractivity contribution in [2.24, 2.45) is 5.73 Å². The Labute approximate surface area is 195 Å². The molecule has 0 aromatic heterocycles. The first kappa shape index (κ1) is 26.6. The highest BCUT2D eigenvalue weighted by Gasteiger charge is 2.20. The highest BCUT2D eigenvalue weighted by Crippen LogP contribution is 2.12. The van der Waals surface area contributed by atoms with Gasteiger partial charge in [0.15, 0.2) is 0 Å². The van der Waals surface area contributed by atoms with Crippen LogP contribution >= 0.6 is 0 Å². The van der Waals surface area contributed by atoms with Gasteiger partial charge in [-0.15, -0.1) is 0 Å².